The molecular weight excluding hydrogens is 249 g/mol. The molecule has 0 aliphatic carbocycles. The third-order valence-corrected chi connectivity index (χ3v) is 2.26. The quantitative estimate of drug-likeness (QED) is 0.870. The predicted octanol–water partition coefficient (Wildman–Crippen LogP) is 2.06. The molecule has 0 aliphatic rings. The largest absolute Gasteiger partial charge is 0.392 e. The van der Waals surface area contributed by atoms with Gasteiger partial charge in [0.15, 0.2) is 0 Å². The first-order chi connectivity index (χ1) is 6.59. The fraction of sp³-hybridized carbons (Fsp3) is 0.400. The van der Waals surface area contributed by atoms with Crippen molar-refractivity contribution in [1.82, 2.24) is 5.32 Å². The normalized spacial score (nSPS) is 12.9. The van der Waals surface area contributed by atoms with Gasteiger partial charge in [-0.05, 0) is 25.1 Å². The lowest BCUT2D eigenvalue weighted by Gasteiger charge is -2.07. The number of halogens is 2. The van der Waals surface area contributed by atoms with Gasteiger partial charge in [0.25, 0.3) is 0 Å². The summed E-state index contributed by atoms with van der Waals surface area (Å²) in [6.45, 7) is 2.58. The third-order valence-electron chi connectivity index (χ3n) is 1.76. The maximum absolute atomic E-state index is 13.2. The van der Waals surface area contributed by atoms with E-state index in [9.17, 15) is 4.39 Å². The van der Waals surface area contributed by atoms with E-state index in [2.05, 4.69) is 21.2 Å². The molecule has 0 amide bonds. The minimum Gasteiger partial charge on any atom is -0.392 e. The van der Waals surface area contributed by atoms with Crippen LogP contribution >= 0.6 is 15.9 Å². The van der Waals surface area contributed by atoms with E-state index in [4.69, 9.17) is 5.11 Å². The monoisotopic (exact) mass is 261 g/mol. The average molecular weight is 262 g/mol. The van der Waals surface area contributed by atoms with E-state index in [0.29, 0.717) is 18.7 Å². The number of benzene rings is 1. The maximum Gasteiger partial charge on any atom is 0.127 e. The summed E-state index contributed by atoms with van der Waals surface area (Å²) in [5, 5.41) is 11.9. The molecule has 0 spiro atoms. The van der Waals surface area contributed by atoms with E-state index in [1.165, 1.54) is 6.07 Å². The van der Waals surface area contributed by atoms with Crippen LogP contribution < -0.4 is 5.32 Å². The van der Waals surface area contributed by atoms with Crippen molar-refractivity contribution in [3.05, 3.63) is 34.1 Å². The van der Waals surface area contributed by atoms with Gasteiger partial charge in [-0.1, -0.05) is 15.9 Å². The van der Waals surface area contributed by atoms with Gasteiger partial charge in [0.2, 0.25) is 0 Å². The van der Waals surface area contributed by atoms with Crippen molar-refractivity contribution in [2.75, 3.05) is 6.54 Å². The van der Waals surface area contributed by atoms with E-state index in [0.717, 1.165) is 4.47 Å². The van der Waals surface area contributed by atoms with Crippen molar-refractivity contribution in [1.29, 1.82) is 0 Å². The average Bonchev–Trinajstić information content (AvgIpc) is 2.10. The summed E-state index contributed by atoms with van der Waals surface area (Å²) in [5.74, 6) is -0.230. The highest BCUT2D eigenvalue weighted by molar-refractivity contribution is 9.10. The summed E-state index contributed by atoms with van der Waals surface area (Å²) in [4.78, 5) is 0. The standard InChI is InChI=1S/C10H13BrFNO/c1-7(14)5-13-6-8-4-9(11)2-3-10(8)12/h2-4,7,13-14H,5-6H2,1H3/t7-/m1/s1. The highest BCUT2D eigenvalue weighted by atomic mass is 79.9. The van der Waals surface area contributed by atoms with Gasteiger partial charge in [-0.25, -0.2) is 4.39 Å². The summed E-state index contributed by atoms with van der Waals surface area (Å²) in [6, 6.07) is 4.81. The van der Waals surface area contributed by atoms with Gasteiger partial charge in [-0.3, -0.25) is 0 Å². The Morgan fingerprint density at radius 3 is 2.93 bits per heavy atom. The number of hydrogen-bond donors (Lipinski definition) is 2. The number of aliphatic hydroxyl groups excluding tert-OH is 1. The summed E-state index contributed by atoms with van der Waals surface area (Å²) in [5.41, 5.74) is 0.597. The molecule has 1 aromatic rings. The second-order valence-electron chi connectivity index (χ2n) is 3.22. The van der Waals surface area contributed by atoms with Gasteiger partial charge in [0.05, 0.1) is 6.10 Å². The van der Waals surface area contributed by atoms with Gasteiger partial charge in [0, 0.05) is 23.1 Å². The minimum absolute atomic E-state index is 0.230. The zero-order valence-corrected chi connectivity index (χ0v) is 9.51. The Morgan fingerprint density at radius 2 is 2.29 bits per heavy atom. The van der Waals surface area contributed by atoms with Crippen LogP contribution in [0.15, 0.2) is 22.7 Å². The molecule has 0 unspecified atom stereocenters. The Kier molecular flexibility index (Phi) is 4.51. The molecule has 0 aliphatic heterocycles. The van der Waals surface area contributed by atoms with Crippen molar-refractivity contribution in [3.8, 4) is 0 Å². The SMILES string of the molecule is C[C@@H](O)CNCc1cc(Br)ccc1F. The Morgan fingerprint density at radius 1 is 1.57 bits per heavy atom. The van der Waals surface area contributed by atoms with E-state index < -0.39 is 6.10 Å². The van der Waals surface area contributed by atoms with Crippen molar-refractivity contribution in [2.45, 2.75) is 19.6 Å². The van der Waals surface area contributed by atoms with Gasteiger partial charge in [-0.15, -0.1) is 0 Å². The molecule has 4 heteroatoms. The van der Waals surface area contributed by atoms with Crippen LogP contribution in [-0.4, -0.2) is 17.8 Å². The van der Waals surface area contributed by atoms with Crippen LogP contribution in [0.2, 0.25) is 0 Å². The second kappa shape index (κ2) is 5.44. The van der Waals surface area contributed by atoms with Crippen LogP contribution in [0.25, 0.3) is 0 Å². The molecule has 78 valence electrons. The lowest BCUT2D eigenvalue weighted by Crippen LogP contribution is -2.24. The first-order valence-corrected chi connectivity index (χ1v) is 5.21. The van der Waals surface area contributed by atoms with E-state index in [1.807, 2.05) is 0 Å². The molecule has 14 heavy (non-hydrogen) atoms. The van der Waals surface area contributed by atoms with Crippen molar-refractivity contribution < 1.29 is 9.50 Å². The van der Waals surface area contributed by atoms with Gasteiger partial charge >= 0.3 is 0 Å². The van der Waals surface area contributed by atoms with Crippen LogP contribution in [0.5, 0.6) is 0 Å². The van der Waals surface area contributed by atoms with Gasteiger partial charge in [-0.2, -0.15) is 0 Å². The summed E-state index contributed by atoms with van der Waals surface area (Å²) < 4.78 is 14.0. The molecule has 0 radical (unpaired) electrons. The molecule has 2 nitrogen and oxygen atoms in total. The Hall–Kier alpha value is -0.450. The Labute approximate surface area is 91.3 Å². The fourth-order valence-electron chi connectivity index (χ4n) is 1.09. The number of aliphatic hydroxyl groups is 1. The Balaban J connectivity index is 2.53. The fourth-order valence-corrected chi connectivity index (χ4v) is 1.50. The van der Waals surface area contributed by atoms with Crippen LogP contribution in [0.4, 0.5) is 4.39 Å². The molecule has 2 N–H and O–H groups in total. The number of rotatable bonds is 4. The molecule has 1 atom stereocenters. The topological polar surface area (TPSA) is 32.3 Å². The number of hydrogen-bond acceptors (Lipinski definition) is 2. The lowest BCUT2D eigenvalue weighted by atomic mass is 10.2. The molecule has 0 heterocycles. The molecule has 0 bridgehead atoms. The van der Waals surface area contributed by atoms with E-state index in [-0.39, 0.29) is 5.82 Å². The summed E-state index contributed by atoms with van der Waals surface area (Å²) in [7, 11) is 0. The van der Waals surface area contributed by atoms with Gasteiger partial charge < -0.3 is 10.4 Å². The molecule has 1 rings (SSSR count). The predicted molar refractivity (Wildman–Crippen MR) is 57.5 cm³/mol. The molecule has 0 saturated carbocycles. The molecule has 0 saturated heterocycles. The summed E-state index contributed by atoms with van der Waals surface area (Å²) in [6.07, 6.45) is -0.412. The molecule has 0 fully saturated rings. The van der Waals surface area contributed by atoms with Crippen molar-refractivity contribution in [3.63, 3.8) is 0 Å². The molecular formula is C10H13BrFNO. The lowest BCUT2D eigenvalue weighted by molar-refractivity contribution is 0.191. The molecule has 0 aromatic heterocycles. The molecule has 1 aromatic carbocycles. The second-order valence-corrected chi connectivity index (χ2v) is 4.13. The minimum atomic E-state index is -0.412. The van der Waals surface area contributed by atoms with Crippen molar-refractivity contribution in [2.24, 2.45) is 0 Å². The van der Waals surface area contributed by atoms with Crippen LogP contribution in [0, 0.1) is 5.82 Å². The summed E-state index contributed by atoms with van der Waals surface area (Å²) >= 11 is 3.27. The Bertz CT molecular complexity index is 304. The highest BCUT2D eigenvalue weighted by Gasteiger charge is 2.02. The first-order valence-electron chi connectivity index (χ1n) is 4.42. The van der Waals surface area contributed by atoms with E-state index >= 15 is 0 Å². The van der Waals surface area contributed by atoms with E-state index in [1.54, 1.807) is 19.1 Å². The third kappa shape index (κ3) is 3.74. The van der Waals surface area contributed by atoms with Crippen LogP contribution in [0.3, 0.4) is 0 Å². The van der Waals surface area contributed by atoms with Crippen LogP contribution in [0.1, 0.15) is 12.5 Å². The zero-order valence-electron chi connectivity index (χ0n) is 7.93. The highest BCUT2D eigenvalue weighted by Crippen LogP contribution is 2.15. The van der Waals surface area contributed by atoms with Crippen molar-refractivity contribution >= 4 is 15.9 Å². The van der Waals surface area contributed by atoms with Crippen LogP contribution in [-0.2, 0) is 6.54 Å². The zero-order chi connectivity index (χ0) is 10.6. The number of nitrogens with one attached hydrogen (secondary N) is 1. The maximum atomic E-state index is 13.2. The van der Waals surface area contributed by atoms with Gasteiger partial charge in [0.1, 0.15) is 5.82 Å². The first kappa shape index (κ1) is 11.6. The smallest absolute Gasteiger partial charge is 0.127 e.